The zero-order valence-corrected chi connectivity index (χ0v) is 13.7. The molecule has 1 N–H and O–H groups in total. The van der Waals surface area contributed by atoms with Gasteiger partial charge in [0.15, 0.2) is 0 Å². The fourth-order valence-electron chi connectivity index (χ4n) is 1.58. The Bertz CT molecular complexity index is 657. The number of thiazole rings is 1. The van der Waals surface area contributed by atoms with Crippen molar-refractivity contribution in [2.24, 2.45) is 0 Å². The number of nitrogens with zero attached hydrogens (tertiary/aromatic N) is 1. The van der Waals surface area contributed by atoms with Crippen LogP contribution < -0.4 is 5.32 Å². The summed E-state index contributed by atoms with van der Waals surface area (Å²) in [5.74, 6) is -0.824. The highest BCUT2D eigenvalue weighted by molar-refractivity contribution is 9.10. The van der Waals surface area contributed by atoms with E-state index < -0.39 is 5.97 Å². The molecule has 0 fully saturated rings. The van der Waals surface area contributed by atoms with E-state index in [1.807, 2.05) is 24.3 Å². The Labute approximate surface area is 134 Å². The summed E-state index contributed by atoms with van der Waals surface area (Å²) in [6.07, 6.45) is 0. The van der Waals surface area contributed by atoms with Gasteiger partial charge in [-0.15, -0.1) is 11.3 Å². The van der Waals surface area contributed by atoms with Gasteiger partial charge < -0.3 is 10.1 Å². The second kappa shape index (κ2) is 7.33. The van der Waals surface area contributed by atoms with Gasteiger partial charge in [-0.05, 0) is 24.6 Å². The van der Waals surface area contributed by atoms with Crippen LogP contribution in [0.2, 0.25) is 0 Å². The molecule has 0 atom stereocenters. The van der Waals surface area contributed by atoms with Crippen LogP contribution in [0.25, 0.3) is 0 Å². The smallest absolute Gasteiger partial charge is 0.367 e. The van der Waals surface area contributed by atoms with Gasteiger partial charge in [0, 0.05) is 16.4 Å². The average molecular weight is 369 g/mol. The predicted molar refractivity (Wildman–Crippen MR) is 83.4 cm³/mol. The number of carbonyl (C=O) groups is 2. The van der Waals surface area contributed by atoms with Gasteiger partial charge in [0.05, 0.1) is 6.61 Å². The molecular formula is C14H13BrN2O3S. The monoisotopic (exact) mass is 368 g/mol. The molecule has 0 spiro atoms. The fraction of sp³-hybridized carbons (Fsp3) is 0.214. The Morgan fingerprint density at radius 1 is 1.43 bits per heavy atom. The van der Waals surface area contributed by atoms with E-state index in [-0.39, 0.29) is 23.2 Å². The van der Waals surface area contributed by atoms with Crippen LogP contribution in [-0.2, 0) is 11.3 Å². The molecule has 0 bridgehead atoms. The van der Waals surface area contributed by atoms with Gasteiger partial charge in [0.25, 0.3) is 5.91 Å². The molecule has 110 valence electrons. The van der Waals surface area contributed by atoms with E-state index in [2.05, 4.69) is 26.2 Å². The number of esters is 1. The van der Waals surface area contributed by atoms with Gasteiger partial charge in [0.1, 0.15) is 5.69 Å². The molecule has 7 heteroatoms. The van der Waals surface area contributed by atoms with E-state index in [9.17, 15) is 9.59 Å². The molecule has 1 aromatic heterocycles. The minimum Gasteiger partial charge on any atom is -0.461 e. The summed E-state index contributed by atoms with van der Waals surface area (Å²) < 4.78 is 5.79. The third kappa shape index (κ3) is 4.37. The van der Waals surface area contributed by atoms with Crippen LogP contribution >= 0.6 is 27.3 Å². The number of halogens is 1. The largest absolute Gasteiger partial charge is 0.461 e. The molecule has 21 heavy (non-hydrogen) atoms. The number of carbonyl (C=O) groups excluding carboxylic acids is 2. The first-order chi connectivity index (χ1) is 10.1. The van der Waals surface area contributed by atoms with Crippen molar-refractivity contribution in [3.05, 3.63) is 50.4 Å². The Morgan fingerprint density at radius 2 is 2.24 bits per heavy atom. The third-order valence-electron chi connectivity index (χ3n) is 2.53. The lowest BCUT2D eigenvalue weighted by molar-refractivity contribution is 0.0526. The lowest BCUT2D eigenvalue weighted by atomic mass is 10.2. The van der Waals surface area contributed by atoms with Gasteiger partial charge in [-0.2, -0.15) is 0 Å². The number of hydrogen-bond acceptors (Lipinski definition) is 5. The van der Waals surface area contributed by atoms with Crippen LogP contribution in [0.5, 0.6) is 0 Å². The third-order valence-corrected chi connectivity index (χ3v) is 3.84. The normalized spacial score (nSPS) is 10.2. The molecule has 5 nitrogen and oxygen atoms in total. The second-order valence-corrected chi connectivity index (χ2v) is 5.84. The fourth-order valence-corrected chi connectivity index (χ4v) is 2.72. The topological polar surface area (TPSA) is 68.3 Å². The van der Waals surface area contributed by atoms with Crippen molar-refractivity contribution in [3.63, 3.8) is 0 Å². The van der Waals surface area contributed by atoms with Crippen LogP contribution in [0.15, 0.2) is 34.1 Å². The van der Waals surface area contributed by atoms with E-state index >= 15 is 0 Å². The number of benzene rings is 1. The Hall–Kier alpha value is -1.73. The number of ether oxygens (including phenoxy) is 1. The zero-order valence-electron chi connectivity index (χ0n) is 11.3. The van der Waals surface area contributed by atoms with Gasteiger partial charge in [-0.1, -0.05) is 28.1 Å². The number of amides is 1. The molecule has 1 heterocycles. The van der Waals surface area contributed by atoms with Crippen molar-refractivity contribution >= 4 is 39.1 Å². The van der Waals surface area contributed by atoms with Crippen LogP contribution in [0.4, 0.5) is 0 Å². The molecule has 1 aromatic carbocycles. The first-order valence-corrected chi connectivity index (χ1v) is 7.92. The summed E-state index contributed by atoms with van der Waals surface area (Å²) >= 11 is 4.47. The number of hydrogen-bond donors (Lipinski definition) is 1. The predicted octanol–water partition coefficient (Wildman–Crippen LogP) is 3.01. The molecular weight excluding hydrogens is 356 g/mol. The molecule has 2 rings (SSSR count). The summed E-state index contributed by atoms with van der Waals surface area (Å²) in [7, 11) is 0. The maximum Gasteiger partial charge on any atom is 0.367 e. The molecule has 0 aliphatic heterocycles. The van der Waals surface area contributed by atoms with Crippen LogP contribution in [0.1, 0.15) is 32.8 Å². The molecule has 0 saturated carbocycles. The molecule has 0 aliphatic rings. The van der Waals surface area contributed by atoms with Crippen molar-refractivity contribution in [2.75, 3.05) is 6.61 Å². The molecule has 0 radical (unpaired) electrons. The summed E-state index contributed by atoms with van der Waals surface area (Å²) in [6.45, 7) is 2.39. The maximum absolute atomic E-state index is 12.0. The van der Waals surface area contributed by atoms with E-state index in [0.29, 0.717) is 6.54 Å². The van der Waals surface area contributed by atoms with Crippen molar-refractivity contribution in [1.82, 2.24) is 10.3 Å². The summed E-state index contributed by atoms with van der Waals surface area (Å²) in [5.41, 5.74) is 1.19. The molecule has 0 unspecified atom stereocenters. The standard InChI is InChI=1S/C14H13BrN2O3S/c1-2-20-14(19)13-17-11(8-21-13)12(18)16-7-9-4-3-5-10(15)6-9/h3-6,8H,2,7H2,1H3,(H,16,18). The molecule has 0 aliphatic carbocycles. The first kappa shape index (κ1) is 15.7. The van der Waals surface area contributed by atoms with Crippen LogP contribution in [-0.4, -0.2) is 23.5 Å². The minimum atomic E-state index is -0.506. The zero-order chi connectivity index (χ0) is 15.2. The molecule has 2 aromatic rings. The van der Waals surface area contributed by atoms with Gasteiger partial charge >= 0.3 is 5.97 Å². The van der Waals surface area contributed by atoms with Gasteiger partial charge in [-0.3, -0.25) is 4.79 Å². The van der Waals surface area contributed by atoms with E-state index in [1.54, 1.807) is 12.3 Å². The quantitative estimate of drug-likeness (QED) is 0.823. The Balaban J connectivity index is 1.96. The highest BCUT2D eigenvalue weighted by Crippen LogP contribution is 2.13. The van der Waals surface area contributed by atoms with Crippen LogP contribution in [0, 0.1) is 0 Å². The van der Waals surface area contributed by atoms with Crippen molar-refractivity contribution in [3.8, 4) is 0 Å². The number of nitrogens with one attached hydrogen (secondary N) is 1. The maximum atomic E-state index is 12.0. The van der Waals surface area contributed by atoms with Crippen molar-refractivity contribution in [2.45, 2.75) is 13.5 Å². The van der Waals surface area contributed by atoms with E-state index in [4.69, 9.17) is 4.74 Å². The van der Waals surface area contributed by atoms with Gasteiger partial charge in [0.2, 0.25) is 5.01 Å². The minimum absolute atomic E-state index is 0.185. The number of rotatable bonds is 5. The summed E-state index contributed by atoms with van der Waals surface area (Å²) in [5, 5.41) is 4.49. The number of aromatic nitrogens is 1. The molecule has 0 saturated heterocycles. The van der Waals surface area contributed by atoms with Crippen molar-refractivity contribution in [1.29, 1.82) is 0 Å². The van der Waals surface area contributed by atoms with E-state index in [1.165, 1.54) is 0 Å². The Morgan fingerprint density at radius 3 is 2.95 bits per heavy atom. The SMILES string of the molecule is CCOC(=O)c1nc(C(=O)NCc2cccc(Br)c2)cs1. The van der Waals surface area contributed by atoms with Crippen LogP contribution in [0.3, 0.4) is 0 Å². The highest BCUT2D eigenvalue weighted by atomic mass is 79.9. The average Bonchev–Trinajstić information content (AvgIpc) is 2.95. The summed E-state index contributed by atoms with van der Waals surface area (Å²) in [4.78, 5) is 27.4. The first-order valence-electron chi connectivity index (χ1n) is 6.25. The van der Waals surface area contributed by atoms with Crippen molar-refractivity contribution < 1.29 is 14.3 Å². The second-order valence-electron chi connectivity index (χ2n) is 4.07. The lowest BCUT2D eigenvalue weighted by Gasteiger charge is -2.03. The highest BCUT2D eigenvalue weighted by Gasteiger charge is 2.16. The molecule has 1 amide bonds. The van der Waals surface area contributed by atoms with E-state index in [0.717, 1.165) is 21.4 Å². The Kier molecular flexibility index (Phi) is 5.46. The van der Waals surface area contributed by atoms with Gasteiger partial charge in [-0.25, -0.2) is 9.78 Å². The lowest BCUT2D eigenvalue weighted by Crippen LogP contribution is -2.23. The summed E-state index contributed by atoms with van der Waals surface area (Å²) in [6, 6.07) is 7.64.